The highest BCUT2D eigenvalue weighted by Crippen LogP contribution is 2.18. The molecule has 3 aromatic rings. The molecular weight excluding hydrogens is 376 g/mol. The summed E-state index contributed by atoms with van der Waals surface area (Å²) in [5.41, 5.74) is 3.06. The van der Waals surface area contributed by atoms with Crippen molar-refractivity contribution < 1.29 is 14.3 Å². The number of carbonyl (C=O) groups excluding carboxylic acids is 2. The van der Waals surface area contributed by atoms with Crippen LogP contribution in [0.3, 0.4) is 0 Å². The summed E-state index contributed by atoms with van der Waals surface area (Å²) < 4.78 is 5.74. The fraction of sp³-hybridized carbons (Fsp3) is 0.200. The summed E-state index contributed by atoms with van der Waals surface area (Å²) in [6.07, 6.45) is 0.234. The Hall–Kier alpha value is -3.60. The van der Waals surface area contributed by atoms with Gasteiger partial charge in [-0.1, -0.05) is 61.5 Å². The van der Waals surface area contributed by atoms with Crippen LogP contribution in [0, 0.1) is 0 Å². The molecule has 0 unspecified atom stereocenters. The van der Waals surface area contributed by atoms with Gasteiger partial charge in [-0.05, 0) is 48.7 Å². The summed E-state index contributed by atoms with van der Waals surface area (Å²) in [6, 6.07) is 24.3. The third kappa shape index (κ3) is 5.70. The third-order valence-electron chi connectivity index (χ3n) is 4.74. The average Bonchev–Trinajstić information content (AvgIpc) is 2.79. The van der Waals surface area contributed by atoms with Crippen molar-refractivity contribution in [2.75, 3.05) is 5.32 Å². The Morgan fingerprint density at radius 2 is 1.53 bits per heavy atom. The lowest BCUT2D eigenvalue weighted by Crippen LogP contribution is -2.31. The summed E-state index contributed by atoms with van der Waals surface area (Å²) in [4.78, 5) is 25.3. The minimum Gasteiger partial charge on any atom is -0.481 e. The number of nitrogens with one attached hydrogen (secondary N) is 2. The molecule has 0 spiro atoms. The number of aryl methyl sites for hydroxylation is 1. The molecule has 0 radical (unpaired) electrons. The number of hydrogen-bond acceptors (Lipinski definition) is 3. The van der Waals surface area contributed by atoms with Crippen molar-refractivity contribution in [1.82, 2.24) is 5.32 Å². The van der Waals surface area contributed by atoms with Gasteiger partial charge < -0.3 is 15.4 Å². The fourth-order valence-corrected chi connectivity index (χ4v) is 2.96. The van der Waals surface area contributed by atoms with E-state index >= 15 is 0 Å². The van der Waals surface area contributed by atoms with Crippen LogP contribution >= 0.6 is 0 Å². The summed E-state index contributed by atoms with van der Waals surface area (Å²) in [5.74, 6) is 0.0556. The second-order valence-corrected chi connectivity index (χ2v) is 6.96. The zero-order chi connectivity index (χ0) is 21.3. The van der Waals surface area contributed by atoms with Gasteiger partial charge in [0.1, 0.15) is 5.75 Å². The van der Waals surface area contributed by atoms with Crippen molar-refractivity contribution in [3.63, 3.8) is 0 Å². The molecule has 2 amide bonds. The maximum Gasteiger partial charge on any atom is 0.265 e. The Morgan fingerprint density at radius 1 is 0.867 bits per heavy atom. The first-order valence-electron chi connectivity index (χ1n) is 10.0. The molecule has 3 rings (SSSR count). The molecule has 154 valence electrons. The van der Waals surface area contributed by atoms with Gasteiger partial charge in [0.05, 0.1) is 11.3 Å². The predicted octanol–water partition coefficient (Wildman–Crippen LogP) is 4.59. The normalized spacial score (nSPS) is 11.4. The van der Waals surface area contributed by atoms with Gasteiger partial charge in [-0.3, -0.25) is 9.59 Å². The quantitative estimate of drug-likeness (QED) is 0.579. The third-order valence-corrected chi connectivity index (χ3v) is 4.74. The smallest absolute Gasteiger partial charge is 0.265 e. The molecule has 0 aliphatic carbocycles. The van der Waals surface area contributed by atoms with Crippen LogP contribution < -0.4 is 15.4 Å². The van der Waals surface area contributed by atoms with Gasteiger partial charge >= 0.3 is 0 Å². The van der Waals surface area contributed by atoms with E-state index in [9.17, 15) is 9.59 Å². The molecule has 0 fully saturated rings. The molecule has 3 aromatic carbocycles. The number of hydrogen-bond donors (Lipinski definition) is 2. The minimum atomic E-state index is -0.710. The van der Waals surface area contributed by atoms with Crippen molar-refractivity contribution in [3.05, 3.63) is 95.6 Å². The SMILES string of the molecule is CCc1ccc(O[C@@H](C)C(=O)Nc2ccccc2C(=O)NCc2ccccc2)cc1. The molecule has 0 aromatic heterocycles. The Kier molecular flexibility index (Phi) is 7.22. The molecule has 0 aliphatic heterocycles. The number of carbonyl (C=O) groups is 2. The maximum absolute atomic E-state index is 12.6. The van der Waals surface area contributed by atoms with Crippen LogP contribution in [-0.2, 0) is 17.8 Å². The van der Waals surface area contributed by atoms with E-state index < -0.39 is 6.10 Å². The Balaban J connectivity index is 1.62. The highest BCUT2D eigenvalue weighted by Gasteiger charge is 2.18. The lowest BCUT2D eigenvalue weighted by Gasteiger charge is -2.16. The zero-order valence-corrected chi connectivity index (χ0v) is 17.2. The molecule has 0 heterocycles. The molecule has 0 aliphatic rings. The summed E-state index contributed by atoms with van der Waals surface area (Å²) in [6.45, 7) is 4.18. The Morgan fingerprint density at radius 3 is 2.23 bits per heavy atom. The lowest BCUT2D eigenvalue weighted by molar-refractivity contribution is -0.122. The van der Waals surface area contributed by atoms with Gasteiger partial charge in [-0.2, -0.15) is 0 Å². The number of para-hydroxylation sites is 1. The van der Waals surface area contributed by atoms with Crippen LogP contribution in [0.1, 0.15) is 35.3 Å². The van der Waals surface area contributed by atoms with Gasteiger partial charge in [-0.25, -0.2) is 0 Å². The topological polar surface area (TPSA) is 67.4 Å². The minimum absolute atomic E-state index is 0.251. The number of amides is 2. The monoisotopic (exact) mass is 402 g/mol. The number of rotatable bonds is 8. The van der Waals surface area contributed by atoms with E-state index in [1.807, 2.05) is 54.6 Å². The van der Waals surface area contributed by atoms with Crippen LogP contribution in [0.15, 0.2) is 78.9 Å². The Bertz CT molecular complexity index is 985. The van der Waals surface area contributed by atoms with Crippen LogP contribution in [0.2, 0.25) is 0 Å². The summed E-state index contributed by atoms with van der Waals surface area (Å²) in [7, 11) is 0. The average molecular weight is 402 g/mol. The van der Waals surface area contributed by atoms with Gasteiger partial charge in [-0.15, -0.1) is 0 Å². The van der Waals surface area contributed by atoms with E-state index in [-0.39, 0.29) is 11.8 Å². The molecule has 30 heavy (non-hydrogen) atoms. The van der Waals surface area contributed by atoms with Gasteiger partial charge in [0.25, 0.3) is 11.8 Å². The van der Waals surface area contributed by atoms with Crippen molar-refractivity contribution in [2.45, 2.75) is 32.9 Å². The van der Waals surface area contributed by atoms with E-state index in [0.717, 1.165) is 12.0 Å². The molecule has 0 saturated heterocycles. The van der Waals surface area contributed by atoms with Crippen LogP contribution in [-0.4, -0.2) is 17.9 Å². The van der Waals surface area contributed by atoms with Crippen molar-refractivity contribution in [3.8, 4) is 5.75 Å². The highest BCUT2D eigenvalue weighted by molar-refractivity contribution is 6.04. The van der Waals surface area contributed by atoms with Crippen molar-refractivity contribution >= 4 is 17.5 Å². The van der Waals surface area contributed by atoms with E-state index in [1.54, 1.807) is 31.2 Å². The van der Waals surface area contributed by atoms with Crippen molar-refractivity contribution in [1.29, 1.82) is 0 Å². The summed E-state index contributed by atoms with van der Waals surface area (Å²) >= 11 is 0. The standard InChI is InChI=1S/C25H26N2O3/c1-3-19-13-15-21(16-14-19)30-18(2)24(28)27-23-12-8-7-11-22(23)25(29)26-17-20-9-5-4-6-10-20/h4-16,18H,3,17H2,1-2H3,(H,26,29)(H,27,28)/t18-/m0/s1. The first-order valence-corrected chi connectivity index (χ1v) is 10.0. The van der Waals surface area contributed by atoms with Crippen LogP contribution in [0.4, 0.5) is 5.69 Å². The molecule has 5 nitrogen and oxygen atoms in total. The van der Waals surface area contributed by atoms with E-state index in [4.69, 9.17) is 4.74 Å². The van der Waals surface area contributed by atoms with Gasteiger partial charge in [0.2, 0.25) is 0 Å². The zero-order valence-electron chi connectivity index (χ0n) is 17.2. The Labute approximate surface area is 177 Å². The lowest BCUT2D eigenvalue weighted by atomic mass is 10.1. The van der Waals surface area contributed by atoms with Crippen molar-refractivity contribution in [2.24, 2.45) is 0 Å². The second-order valence-electron chi connectivity index (χ2n) is 6.96. The van der Waals surface area contributed by atoms with Gasteiger partial charge in [0.15, 0.2) is 6.10 Å². The number of anilines is 1. The van der Waals surface area contributed by atoms with E-state index in [1.165, 1.54) is 5.56 Å². The number of ether oxygens (including phenoxy) is 1. The molecule has 2 N–H and O–H groups in total. The van der Waals surface area contributed by atoms with Gasteiger partial charge in [0, 0.05) is 6.54 Å². The largest absolute Gasteiger partial charge is 0.481 e. The fourth-order valence-electron chi connectivity index (χ4n) is 2.96. The molecule has 0 saturated carbocycles. The maximum atomic E-state index is 12.6. The van der Waals surface area contributed by atoms with E-state index in [2.05, 4.69) is 17.6 Å². The predicted molar refractivity (Wildman–Crippen MR) is 119 cm³/mol. The molecule has 1 atom stereocenters. The molecule has 0 bridgehead atoms. The molecular formula is C25H26N2O3. The first kappa shape index (κ1) is 21.1. The number of benzene rings is 3. The molecule has 5 heteroatoms. The van der Waals surface area contributed by atoms with Crippen LogP contribution in [0.25, 0.3) is 0 Å². The highest BCUT2D eigenvalue weighted by atomic mass is 16.5. The van der Waals surface area contributed by atoms with Crippen LogP contribution in [0.5, 0.6) is 5.75 Å². The second kappa shape index (κ2) is 10.3. The summed E-state index contributed by atoms with van der Waals surface area (Å²) in [5, 5.41) is 5.69. The van der Waals surface area contributed by atoms with E-state index in [0.29, 0.717) is 23.5 Å². The first-order chi connectivity index (χ1) is 14.6.